The molecular formula is C44H55N7O11S4. The van der Waals surface area contributed by atoms with Crippen LogP contribution in [0.4, 0.5) is 11.5 Å². The van der Waals surface area contributed by atoms with Gasteiger partial charge in [0.2, 0.25) is 11.8 Å². The molecule has 2 unspecified atom stereocenters. The van der Waals surface area contributed by atoms with E-state index >= 15 is 0 Å². The van der Waals surface area contributed by atoms with Crippen molar-refractivity contribution in [2.24, 2.45) is 5.73 Å². The number of benzene rings is 2. The van der Waals surface area contributed by atoms with Gasteiger partial charge in [-0.15, -0.1) is 0 Å². The number of rotatable bonds is 28. The summed E-state index contributed by atoms with van der Waals surface area (Å²) in [6, 6.07) is 12.0. The number of anilines is 2. The molecule has 2 aromatic heterocycles. The Hall–Kier alpha value is -4.83. The molecule has 4 atom stereocenters. The third-order valence-corrected chi connectivity index (χ3v) is 13.7. The molecule has 0 aliphatic rings. The number of aldehydes is 1. The molecule has 0 saturated heterocycles. The summed E-state index contributed by atoms with van der Waals surface area (Å²) < 4.78 is 28.6. The van der Waals surface area contributed by atoms with Crippen LogP contribution in [0.25, 0.3) is 11.0 Å². The Morgan fingerprint density at radius 1 is 0.879 bits per heavy atom. The van der Waals surface area contributed by atoms with Crippen LogP contribution in [0.1, 0.15) is 80.8 Å². The normalized spacial score (nSPS) is 12.9. The Balaban J connectivity index is 1.28. The van der Waals surface area contributed by atoms with E-state index in [-0.39, 0.29) is 80.3 Å². The minimum absolute atomic E-state index is 0.000248. The lowest BCUT2D eigenvalue weighted by molar-refractivity contribution is -0.125. The molecule has 0 radical (unpaired) electrons. The Morgan fingerprint density at radius 2 is 1.56 bits per heavy atom. The molecule has 4 aromatic rings. The van der Waals surface area contributed by atoms with Gasteiger partial charge >= 0.3 is 11.9 Å². The number of aliphatic hydroxyl groups excluding tert-OH is 1. The van der Waals surface area contributed by atoms with E-state index in [2.05, 4.69) is 32.4 Å². The van der Waals surface area contributed by atoms with E-state index < -0.39 is 30.2 Å². The van der Waals surface area contributed by atoms with Gasteiger partial charge in [-0.25, -0.2) is 19.6 Å². The second-order valence-corrected chi connectivity index (χ2v) is 19.6. The lowest BCUT2D eigenvalue weighted by Gasteiger charge is -2.22. The topological polar surface area (TPSA) is 259 Å². The number of nitrogens with one attached hydrogen (secondary N) is 2. The highest BCUT2D eigenvalue weighted by atomic mass is 33.1. The minimum atomic E-state index is -1.30. The smallest absolute Gasteiger partial charge is 0.338 e. The van der Waals surface area contributed by atoms with Crippen molar-refractivity contribution in [2.75, 3.05) is 82.9 Å². The summed E-state index contributed by atoms with van der Waals surface area (Å²) in [4.78, 5) is 71.4. The molecule has 4 rings (SSSR count). The predicted octanol–water partition coefficient (Wildman–Crippen LogP) is 5.13. The van der Waals surface area contributed by atoms with Gasteiger partial charge in [-0.1, -0.05) is 73.2 Å². The highest BCUT2D eigenvalue weighted by Gasteiger charge is 2.26. The van der Waals surface area contributed by atoms with Crippen molar-refractivity contribution in [1.82, 2.24) is 19.9 Å². The number of esters is 2. The summed E-state index contributed by atoms with van der Waals surface area (Å²) in [5, 5.41) is 17.0. The zero-order valence-corrected chi connectivity index (χ0v) is 40.3. The van der Waals surface area contributed by atoms with Crippen LogP contribution in [0.3, 0.4) is 0 Å². The van der Waals surface area contributed by atoms with Gasteiger partial charge in [0.1, 0.15) is 56.2 Å². The second kappa shape index (κ2) is 29.0. The number of nitrogens with zero attached hydrogens (tertiary/aromatic N) is 3. The van der Waals surface area contributed by atoms with E-state index in [0.717, 1.165) is 5.56 Å². The first-order valence-electron chi connectivity index (χ1n) is 20.6. The van der Waals surface area contributed by atoms with Gasteiger partial charge in [0.25, 0.3) is 0 Å². The maximum atomic E-state index is 13.3. The third kappa shape index (κ3) is 16.8. The van der Waals surface area contributed by atoms with Crippen molar-refractivity contribution in [1.29, 1.82) is 0 Å². The van der Waals surface area contributed by atoms with E-state index in [9.17, 15) is 29.1 Å². The van der Waals surface area contributed by atoms with Crippen LogP contribution in [-0.4, -0.2) is 128 Å². The van der Waals surface area contributed by atoms with Gasteiger partial charge in [-0.3, -0.25) is 9.59 Å². The van der Waals surface area contributed by atoms with Gasteiger partial charge in [-0.05, 0) is 61.8 Å². The molecule has 0 fully saturated rings. The number of ether oxygens (including phenoxy) is 5. The average molecular weight is 986 g/mol. The Morgan fingerprint density at radius 3 is 2.29 bits per heavy atom. The Labute approximate surface area is 399 Å². The minimum Gasteiger partial charge on any atom is -0.460 e. The van der Waals surface area contributed by atoms with Crippen LogP contribution in [0.5, 0.6) is 0 Å². The fourth-order valence-corrected chi connectivity index (χ4v) is 9.86. The summed E-state index contributed by atoms with van der Waals surface area (Å²) >= 11 is 0. The molecule has 7 N–H and O–H groups in total. The quantitative estimate of drug-likeness (QED) is 0.0163. The molecule has 0 aliphatic carbocycles. The van der Waals surface area contributed by atoms with Gasteiger partial charge in [-0.2, -0.15) is 0 Å². The highest BCUT2D eigenvalue weighted by Crippen LogP contribution is 2.39. The molecule has 22 heteroatoms. The number of amides is 2. The zero-order chi connectivity index (χ0) is 47.8. The predicted molar refractivity (Wildman–Crippen MR) is 260 cm³/mol. The number of carbonyl (C=O) groups is 5. The molecule has 0 spiro atoms. The third-order valence-electron chi connectivity index (χ3n) is 9.32. The van der Waals surface area contributed by atoms with E-state index in [0.29, 0.717) is 59.4 Å². The second-order valence-electron chi connectivity index (χ2n) is 14.0. The van der Waals surface area contributed by atoms with E-state index in [1.807, 2.05) is 38.5 Å². The monoisotopic (exact) mass is 985 g/mol. The number of aromatic nitrogens is 3. The van der Waals surface area contributed by atoms with Gasteiger partial charge < -0.3 is 60.3 Å². The number of hydrogen-bond donors (Lipinski definition) is 5. The number of hydrogen-bond acceptors (Lipinski definition) is 19. The van der Waals surface area contributed by atoms with Crippen LogP contribution in [0, 0.1) is 11.8 Å². The number of nitrogen functional groups attached to an aromatic ring is 1. The van der Waals surface area contributed by atoms with Crippen LogP contribution < -0.4 is 22.1 Å². The maximum Gasteiger partial charge on any atom is 0.338 e. The fourth-order valence-electron chi connectivity index (χ4n) is 6.32. The summed E-state index contributed by atoms with van der Waals surface area (Å²) in [7, 11) is 6.25. The zero-order valence-electron chi connectivity index (χ0n) is 37.0. The molecule has 18 nitrogen and oxygen atoms in total. The van der Waals surface area contributed by atoms with Crippen LogP contribution in [0.2, 0.25) is 0 Å². The van der Waals surface area contributed by atoms with E-state index in [1.54, 1.807) is 62.7 Å². The van der Waals surface area contributed by atoms with Crippen LogP contribution >= 0.6 is 43.2 Å². The molecule has 0 bridgehead atoms. The van der Waals surface area contributed by atoms with Crippen molar-refractivity contribution in [2.45, 2.75) is 49.5 Å². The molecule has 2 heterocycles. The molecule has 2 aromatic carbocycles. The number of nitrogens with two attached hydrogens (primary N) is 2. The first-order chi connectivity index (χ1) is 31.9. The van der Waals surface area contributed by atoms with E-state index in [1.165, 1.54) is 27.9 Å². The molecular weight excluding hydrogens is 931 g/mol. The van der Waals surface area contributed by atoms with Crippen molar-refractivity contribution >= 4 is 95.8 Å². The number of aliphatic hydroxyl groups is 1. The number of carbonyl (C=O) groups excluding carboxylic acids is 5. The first-order valence-corrected chi connectivity index (χ1v) is 25.9. The maximum absolute atomic E-state index is 13.3. The van der Waals surface area contributed by atoms with Crippen molar-refractivity contribution in [3.63, 3.8) is 0 Å². The molecule has 356 valence electrons. The number of fused-ring (bicyclic) bond motifs is 1. The SMILES string of the molecule is CSSC(C)c1cc(NC(=O)COCCOCCN)ccc1C(=O)OCCOCC(=O)NCC#Cc1cn([C@H](O)C[C@H](CC=O)OC(=O)c2ccccc2C(C)SSC)c2ncnc(N)c12. The molecule has 66 heavy (non-hydrogen) atoms. The largest absolute Gasteiger partial charge is 0.460 e. The van der Waals surface area contributed by atoms with E-state index in [4.69, 9.17) is 35.2 Å². The molecule has 0 aliphatic heterocycles. The highest BCUT2D eigenvalue weighted by molar-refractivity contribution is 8.76. The van der Waals surface area contributed by atoms with Gasteiger partial charge in [0.15, 0.2) is 0 Å². The molecule has 0 saturated carbocycles. The lowest BCUT2D eigenvalue weighted by atomic mass is 10.0. The summed E-state index contributed by atoms with van der Waals surface area (Å²) in [5.41, 5.74) is 14.9. The Bertz CT molecular complexity index is 2310. The van der Waals surface area contributed by atoms with Crippen molar-refractivity contribution in [3.05, 3.63) is 82.8 Å². The summed E-state index contributed by atoms with van der Waals surface area (Å²) in [5.74, 6) is 3.86. The average Bonchev–Trinajstić information content (AvgIpc) is 3.68. The summed E-state index contributed by atoms with van der Waals surface area (Å²) in [6.07, 6.45) is 4.69. The Kier molecular flexibility index (Phi) is 23.7. The first kappa shape index (κ1) is 53.8. The van der Waals surface area contributed by atoms with Crippen LogP contribution in [0.15, 0.2) is 55.0 Å². The molecule has 2 amide bonds. The fraction of sp³-hybridized carbons (Fsp3) is 0.432. The van der Waals surface area contributed by atoms with Crippen molar-refractivity contribution < 1.29 is 52.8 Å². The summed E-state index contributed by atoms with van der Waals surface area (Å²) in [6.45, 7) is 4.56. The lowest BCUT2D eigenvalue weighted by Crippen LogP contribution is -2.28. The van der Waals surface area contributed by atoms with Crippen molar-refractivity contribution in [3.8, 4) is 11.8 Å². The van der Waals surface area contributed by atoms with Gasteiger partial charge in [0.05, 0.1) is 55.0 Å². The standard InChI is InChI=1S/C44H55N7O11S4/c1-28(65-63-3)33-9-5-6-10-34(33)44(57)62-32(13-16-52)23-39(55)51-24-30(40-41(46)48-27-49-42(40)51)8-7-15-47-37(53)25-60-20-21-61-43(56)35-12-11-31(22-36(35)29(2)66-64-4)50-38(54)26-59-19-18-58-17-14-45/h5-6,9-12,16,22,24,27-29,32,39,55H,13-15,17-21,23,25-26,45H2,1-4H3,(H,47,53)(H,50,54)(H2,46,48,49)/t28?,29?,32-,39+/m0/s1. The van der Waals surface area contributed by atoms with Crippen LogP contribution in [-0.2, 0) is 38.1 Å². The van der Waals surface area contributed by atoms with Gasteiger partial charge in [0, 0.05) is 41.8 Å².